The molecule has 1 fully saturated rings. The minimum Gasteiger partial charge on any atom is -0.315 e. The van der Waals surface area contributed by atoms with Crippen molar-refractivity contribution in [3.8, 4) is 0 Å². The second-order valence-electron chi connectivity index (χ2n) is 4.85. The molecule has 1 heterocycles. The summed E-state index contributed by atoms with van der Waals surface area (Å²) in [7, 11) is 0. The van der Waals surface area contributed by atoms with Gasteiger partial charge in [-0.15, -0.1) is 11.3 Å². The molecule has 0 atom stereocenters. The lowest BCUT2D eigenvalue weighted by molar-refractivity contribution is 0.264. The SMILES string of the molecule is CCCN(CCNCCc1cccs1)C1CC1. The number of hydrogen-bond donors (Lipinski definition) is 1. The first kappa shape index (κ1) is 13.1. The van der Waals surface area contributed by atoms with E-state index >= 15 is 0 Å². The molecule has 0 aliphatic heterocycles. The highest BCUT2D eigenvalue weighted by atomic mass is 32.1. The summed E-state index contributed by atoms with van der Waals surface area (Å²) in [6.45, 7) is 7.03. The van der Waals surface area contributed by atoms with E-state index in [0.29, 0.717) is 0 Å². The first-order valence-corrected chi connectivity index (χ1v) is 7.75. The summed E-state index contributed by atoms with van der Waals surface area (Å²) >= 11 is 1.86. The number of nitrogens with zero attached hydrogens (tertiary/aromatic N) is 1. The molecular formula is C14H24N2S. The highest BCUT2D eigenvalue weighted by molar-refractivity contribution is 7.09. The van der Waals surface area contributed by atoms with Crippen LogP contribution in [0.1, 0.15) is 31.1 Å². The lowest BCUT2D eigenvalue weighted by atomic mass is 10.3. The van der Waals surface area contributed by atoms with Gasteiger partial charge in [0.2, 0.25) is 0 Å². The molecule has 0 spiro atoms. The van der Waals surface area contributed by atoms with Gasteiger partial charge in [0.1, 0.15) is 0 Å². The highest BCUT2D eigenvalue weighted by Gasteiger charge is 2.27. The number of nitrogens with one attached hydrogen (secondary N) is 1. The molecule has 0 unspecified atom stereocenters. The fraction of sp³-hybridized carbons (Fsp3) is 0.714. The van der Waals surface area contributed by atoms with E-state index in [-0.39, 0.29) is 0 Å². The normalized spacial score (nSPS) is 15.6. The minimum absolute atomic E-state index is 0.911. The molecule has 3 heteroatoms. The lowest BCUT2D eigenvalue weighted by Gasteiger charge is -2.21. The number of rotatable bonds is 9. The molecular weight excluding hydrogens is 228 g/mol. The maximum absolute atomic E-state index is 3.56. The molecule has 17 heavy (non-hydrogen) atoms. The standard InChI is InChI=1S/C14H24N2S/c1-2-10-16(13-5-6-13)11-9-15-8-7-14-4-3-12-17-14/h3-4,12-13,15H,2,5-11H2,1H3. The topological polar surface area (TPSA) is 15.3 Å². The maximum Gasteiger partial charge on any atom is 0.0110 e. The van der Waals surface area contributed by atoms with Gasteiger partial charge in [-0.05, 0) is 43.7 Å². The van der Waals surface area contributed by atoms with E-state index in [0.717, 1.165) is 19.1 Å². The van der Waals surface area contributed by atoms with E-state index in [1.165, 1.54) is 43.6 Å². The van der Waals surface area contributed by atoms with Gasteiger partial charge in [0, 0.05) is 30.6 Å². The van der Waals surface area contributed by atoms with Crippen LogP contribution in [-0.4, -0.2) is 37.1 Å². The molecule has 0 radical (unpaired) electrons. The van der Waals surface area contributed by atoms with Crippen molar-refractivity contribution in [3.05, 3.63) is 22.4 Å². The average Bonchev–Trinajstić information content (AvgIpc) is 3.05. The third-order valence-corrected chi connectivity index (χ3v) is 4.21. The Hall–Kier alpha value is -0.380. The van der Waals surface area contributed by atoms with Gasteiger partial charge in [0.05, 0.1) is 0 Å². The van der Waals surface area contributed by atoms with Crippen LogP contribution in [0.25, 0.3) is 0 Å². The fourth-order valence-corrected chi connectivity index (χ4v) is 2.93. The van der Waals surface area contributed by atoms with Crippen LogP contribution in [0.4, 0.5) is 0 Å². The molecule has 0 amide bonds. The van der Waals surface area contributed by atoms with Crippen molar-refractivity contribution in [2.24, 2.45) is 0 Å². The quantitative estimate of drug-likeness (QED) is 0.680. The van der Waals surface area contributed by atoms with E-state index in [1.54, 1.807) is 0 Å². The molecule has 1 aromatic heterocycles. The predicted molar refractivity (Wildman–Crippen MR) is 75.8 cm³/mol. The Kier molecular flexibility index (Phi) is 5.49. The van der Waals surface area contributed by atoms with Crippen LogP contribution < -0.4 is 5.32 Å². The Balaban J connectivity index is 1.52. The highest BCUT2D eigenvalue weighted by Crippen LogP contribution is 2.26. The fourth-order valence-electron chi connectivity index (χ4n) is 2.22. The summed E-state index contributed by atoms with van der Waals surface area (Å²) in [5.41, 5.74) is 0. The van der Waals surface area contributed by atoms with Crippen molar-refractivity contribution in [2.75, 3.05) is 26.2 Å². The molecule has 96 valence electrons. The monoisotopic (exact) mass is 252 g/mol. The van der Waals surface area contributed by atoms with E-state index in [1.807, 2.05) is 11.3 Å². The summed E-state index contributed by atoms with van der Waals surface area (Å²) in [5, 5.41) is 5.72. The molecule has 1 saturated carbocycles. The Morgan fingerprint density at radius 2 is 2.24 bits per heavy atom. The average molecular weight is 252 g/mol. The summed E-state index contributed by atoms with van der Waals surface area (Å²) in [5.74, 6) is 0. The third kappa shape index (κ3) is 4.78. The molecule has 2 rings (SSSR count). The van der Waals surface area contributed by atoms with Gasteiger partial charge in [0.15, 0.2) is 0 Å². The van der Waals surface area contributed by atoms with E-state index in [9.17, 15) is 0 Å². The van der Waals surface area contributed by atoms with Crippen LogP contribution in [0.15, 0.2) is 17.5 Å². The van der Waals surface area contributed by atoms with Crippen molar-refractivity contribution in [1.82, 2.24) is 10.2 Å². The van der Waals surface area contributed by atoms with Crippen LogP contribution in [0.2, 0.25) is 0 Å². The second kappa shape index (κ2) is 7.14. The van der Waals surface area contributed by atoms with Crippen molar-refractivity contribution in [3.63, 3.8) is 0 Å². The molecule has 0 saturated heterocycles. The lowest BCUT2D eigenvalue weighted by Crippen LogP contribution is -2.34. The van der Waals surface area contributed by atoms with Gasteiger partial charge in [-0.1, -0.05) is 13.0 Å². The van der Waals surface area contributed by atoms with Gasteiger partial charge in [-0.3, -0.25) is 4.90 Å². The van der Waals surface area contributed by atoms with Crippen LogP contribution in [-0.2, 0) is 6.42 Å². The minimum atomic E-state index is 0.911. The molecule has 1 aliphatic rings. The van der Waals surface area contributed by atoms with Gasteiger partial charge in [0.25, 0.3) is 0 Å². The maximum atomic E-state index is 3.56. The Morgan fingerprint density at radius 3 is 2.88 bits per heavy atom. The van der Waals surface area contributed by atoms with E-state index in [2.05, 4.69) is 34.7 Å². The summed E-state index contributed by atoms with van der Waals surface area (Å²) in [6.07, 6.45) is 5.31. The number of hydrogen-bond acceptors (Lipinski definition) is 3. The first-order chi connectivity index (χ1) is 8.40. The smallest absolute Gasteiger partial charge is 0.0110 e. The molecule has 1 N–H and O–H groups in total. The van der Waals surface area contributed by atoms with Gasteiger partial charge >= 0.3 is 0 Å². The Bertz CT molecular complexity index is 293. The molecule has 0 bridgehead atoms. The largest absolute Gasteiger partial charge is 0.315 e. The Labute approximate surface area is 109 Å². The molecule has 1 aromatic rings. The van der Waals surface area contributed by atoms with Crippen LogP contribution >= 0.6 is 11.3 Å². The zero-order chi connectivity index (χ0) is 11.9. The third-order valence-electron chi connectivity index (χ3n) is 3.28. The first-order valence-electron chi connectivity index (χ1n) is 6.87. The zero-order valence-electron chi connectivity index (χ0n) is 10.8. The van der Waals surface area contributed by atoms with Gasteiger partial charge < -0.3 is 5.32 Å². The number of thiophene rings is 1. The van der Waals surface area contributed by atoms with Gasteiger partial charge in [-0.25, -0.2) is 0 Å². The predicted octanol–water partition coefficient (Wildman–Crippen LogP) is 2.75. The molecule has 2 nitrogen and oxygen atoms in total. The Morgan fingerprint density at radius 1 is 1.35 bits per heavy atom. The second-order valence-corrected chi connectivity index (χ2v) is 5.88. The van der Waals surface area contributed by atoms with Crippen LogP contribution in [0, 0.1) is 0 Å². The van der Waals surface area contributed by atoms with E-state index < -0.39 is 0 Å². The van der Waals surface area contributed by atoms with Crippen molar-refractivity contribution in [2.45, 2.75) is 38.6 Å². The van der Waals surface area contributed by atoms with Crippen LogP contribution in [0.3, 0.4) is 0 Å². The zero-order valence-corrected chi connectivity index (χ0v) is 11.6. The summed E-state index contributed by atoms with van der Waals surface area (Å²) < 4.78 is 0. The summed E-state index contributed by atoms with van der Waals surface area (Å²) in [4.78, 5) is 4.14. The van der Waals surface area contributed by atoms with Crippen molar-refractivity contribution >= 4 is 11.3 Å². The summed E-state index contributed by atoms with van der Waals surface area (Å²) in [6, 6.07) is 5.27. The van der Waals surface area contributed by atoms with Crippen molar-refractivity contribution in [1.29, 1.82) is 0 Å². The van der Waals surface area contributed by atoms with Gasteiger partial charge in [-0.2, -0.15) is 0 Å². The molecule has 0 aromatic carbocycles. The molecule has 1 aliphatic carbocycles. The van der Waals surface area contributed by atoms with E-state index in [4.69, 9.17) is 0 Å². The van der Waals surface area contributed by atoms with Crippen molar-refractivity contribution < 1.29 is 0 Å². The van der Waals surface area contributed by atoms with Crippen LogP contribution in [0.5, 0.6) is 0 Å².